The average Bonchev–Trinajstić information content (AvgIpc) is 2.68. The van der Waals surface area contributed by atoms with Gasteiger partial charge < -0.3 is 14.5 Å². The minimum absolute atomic E-state index is 0.0372. The lowest BCUT2D eigenvalue weighted by Crippen LogP contribution is -2.51. The van der Waals surface area contributed by atoms with Crippen LogP contribution in [0.25, 0.3) is 0 Å². The van der Waals surface area contributed by atoms with Gasteiger partial charge in [0.1, 0.15) is 5.75 Å². The minimum Gasteiger partial charge on any atom is -0.484 e. The number of halogens is 3. The Morgan fingerprint density at radius 1 is 1.00 bits per heavy atom. The van der Waals surface area contributed by atoms with Crippen LogP contribution in [0.3, 0.4) is 0 Å². The Bertz CT molecular complexity index is 855. The number of piperazine rings is 1. The van der Waals surface area contributed by atoms with Gasteiger partial charge in [-0.25, -0.2) is 0 Å². The van der Waals surface area contributed by atoms with Crippen molar-refractivity contribution in [2.75, 3.05) is 32.8 Å². The van der Waals surface area contributed by atoms with Crippen LogP contribution in [0, 0.1) is 0 Å². The van der Waals surface area contributed by atoms with Crippen LogP contribution in [0.2, 0.25) is 10.0 Å². The number of hydrogen-bond acceptors (Lipinski definition) is 3. The SMILES string of the molecule is O=C(COc1cccc(Br)c1)N1CCN(C(=O)c2cccc(Cl)c2Cl)CC1. The predicted molar refractivity (Wildman–Crippen MR) is 109 cm³/mol. The Kier molecular flexibility index (Phi) is 6.63. The second-order valence-corrected chi connectivity index (χ2v) is 7.72. The van der Waals surface area contributed by atoms with Crippen LogP contribution in [0.5, 0.6) is 5.75 Å². The molecule has 8 heteroatoms. The first-order valence-corrected chi connectivity index (χ1v) is 9.90. The predicted octanol–water partition coefficient (Wildman–Crippen LogP) is 4.12. The summed E-state index contributed by atoms with van der Waals surface area (Å²) in [4.78, 5) is 28.4. The van der Waals surface area contributed by atoms with Gasteiger partial charge >= 0.3 is 0 Å². The molecule has 1 saturated heterocycles. The number of ether oxygens (including phenoxy) is 1. The second-order valence-electron chi connectivity index (χ2n) is 6.02. The largest absolute Gasteiger partial charge is 0.484 e. The van der Waals surface area contributed by atoms with Crippen molar-refractivity contribution >= 4 is 50.9 Å². The second kappa shape index (κ2) is 8.95. The van der Waals surface area contributed by atoms with E-state index in [1.54, 1.807) is 40.1 Å². The molecule has 0 saturated carbocycles. The van der Waals surface area contributed by atoms with Crippen molar-refractivity contribution in [1.29, 1.82) is 0 Å². The molecule has 1 aliphatic heterocycles. The summed E-state index contributed by atoms with van der Waals surface area (Å²) in [5, 5.41) is 0.603. The topological polar surface area (TPSA) is 49.9 Å². The van der Waals surface area contributed by atoms with Crippen molar-refractivity contribution in [1.82, 2.24) is 9.80 Å². The van der Waals surface area contributed by atoms with Crippen molar-refractivity contribution in [2.45, 2.75) is 0 Å². The van der Waals surface area contributed by atoms with Crippen molar-refractivity contribution in [2.24, 2.45) is 0 Å². The maximum Gasteiger partial charge on any atom is 0.260 e. The molecule has 0 atom stereocenters. The van der Waals surface area contributed by atoms with E-state index >= 15 is 0 Å². The molecule has 2 amide bonds. The number of benzene rings is 2. The van der Waals surface area contributed by atoms with E-state index in [-0.39, 0.29) is 23.4 Å². The van der Waals surface area contributed by atoms with Crippen molar-refractivity contribution in [3.63, 3.8) is 0 Å². The summed E-state index contributed by atoms with van der Waals surface area (Å²) < 4.78 is 6.43. The number of hydrogen-bond donors (Lipinski definition) is 0. The molecule has 0 bridgehead atoms. The standard InChI is InChI=1S/C19H17BrCl2N2O3/c20-13-3-1-4-14(11-13)27-12-17(25)23-7-9-24(10-8-23)19(26)15-5-2-6-16(21)18(15)22/h1-6,11H,7-10,12H2. The zero-order valence-electron chi connectivity index (χ0n) is 14.3. The zero-order chi connectivity index (χ0) is 19.4. The molecule has 0 radical (unpaired) electrons. The maximum absolute atomic E-state index is 12.6. The molecule has 2 aromatic rings. The van der Waals surface area contributed by atoms with Crippen LogP contribution < -0.4 is 4.74 Å². The van der Waals surface area contributed by atoms with Gasteiger partial charge in [-0.05, 0) is 30.3 Å². The van der Waals surface area contributed by atoms with E-state index in [4.69, 9.17) is 27.9 Å². The van der Waals surface area contributed by atoms with Crippen LogP contribution in [-0.4, -0.2) is 54.4 Å². The number of carbonyl (C=O) groups excluding carboxylic acids is 2. The van der Waals surface area contributed by atoms with Crippen LogP contribution in [-0.2, 0) is 4.79 Å². The van der Waals surface area contributed by atoms with Gasteiger partial charge in [-0.3, -0.25) is 9.59 Å². The molecule has 0 aliphatic carbocycles. The third-order valence-electron chi connectivity index (χ3n) is 4.26. The summed E-state index contributed by atoms with van der Waals surface area (Å²) in [6.45, 7) is 1.73. The molecule has 0 unspecified atom stereocenters. The molecule has 5 nitrogen and oxygen atoms in total. The van der Waals surface area contributed by atoms with E-state index in [2.05, 4.69) is 15.9 Å². The van der Waals surface area contributed by atoms with E-state index < -0.39 is 0 Å². The first kappa shape index (κ1) is 20.0. The van der Waals surface area contributed by atoms with E-state index in [1.165, 1.54) is 0 Å². The van der Waals surface area contributed by atoms with Gasteiger partial charge in [-0.15, -0.1) is 0 Å². The molecular formula is C19H17BrCl2N2O3. The average molecular weight is 472 g/mol. The van der Waals surface area contributed by atoms with Crippen molar-refractivity contribution < 1.29 is 14.3 Å². The Morgan fingerprint density at radius 2 is 1.67 bits per heavy atom. The summed E-state index contributed by atoms with van der Waals surface area (Å²) in [6, 6.07) is 12.3. The van der Waals surface area contributed by atoms with Gasteiger partial charge in [-0.1, -0.05) is 51.3 Å². The third kappa shape index (κ3) is 4.94. The number of carbonyl (C=O) groups is 2. The molecular weight excluding hydrogens is 455 g/mol. The van der Waals surface area contributed by atoms with Gasteiger partial charge in [0.05, 0.1) is 15.6 Å². The summed E-state index contributed by atoms with van der Waals surface area (Å²) in [7, 11) is 0. The molecule has 27 heavy (non-hydrogen) atoms. The van der Waals surface area contributed by atoms with E-state index in [0.717, 1.165) is 4.47 Å². The smallest absolute Gasteiger partial charge is 0.260 e. The van der Waals surface area contributed by atoms with E-state index in [1.807, 2.05) is 12.1 Å². The van der Waals surface area contributed by atoms with Crippen LogP contribution in [0.4, 0.5) is 0 Å². The number of nitrogens with zero attached hydrogens (tertiary/aromatic N) is 2. The highest BCUT2D eigenvalue weighted by Gasteiger charge is 2.26. The lowest BCUT2D eigenvalue weighted by Gasteiger charge is -2.35. The van der Waals surface area contributed by atoms with Gasteiger partial charge in [0, 0.05) is 30.7 Å². The summed E-state index contributed by atoms with van der Waals surface area (Å²) >= 11 is 15.5. The quantitative estimate of drug-likeness (QED) is 0.673. The molecule has 0 spiro atoms. The molecule has 142 valence electrons. The molecule has 2 aromatic carbocycles. The maximum atomic E-state index is 12.6. The van der Waals surface area contributed by atoms with E-state index in [9.17, 15) is 9.59 Å². The van der Waals surface area contributed by atoms with Gasteiger partial charge in [0.25, 0.3) is 11.8 Å². The monoisotopic (exact) mass is 470 g/mol. The number of amides is 2. The van der Waals surface area contributed by atoms with Crippen LogP contribution in [0.15, 0.2) is 46.9 Å². The van der Waals surface area contributed by atoms with E-state index in [0.29, 0.717) is 42.5 Å². The summed E-state index contributed by atoms with van der Waals surface area (Å²) in [6.07, 6.45) is 0. The molecule has 0 aromatic heterocycles. The highest BCUT2D eigenvalue weighted by Crippen LogP contribution is 2.26. The molecule has 1 heterocycles. The van der Waals surface area contributed by atoms with Crippen molar-refractivity contribution in [3.05, 3.63) is 62.5 Å². The lowest BCUT2D eigenvalue weighted by atomic mass is 10.1. The Labute approximate surface area is 175 Å². The van der Waals surface area contributed by atoms with Gasteiger partial charge in [0.2, 0.25) is 0 Å². The fraction of sp³-hybridized carbons (Fsp3) is 0.263. The Hall–Kier alpha value is -1.76. The highest BCUT2D eigenvalue weighted by molar-refractivity contribution is 9.10. The lowest BCUT2D eigenvalue weighted by molar-refractivity contribution is -0.134. The third-order valence-corrected chi connectivity index (χ3v) is 5.57. The first-order chi connectivity index (χ1) is 13.0. The molecule has 3 rings (SSSR count). The fourth-order valence-corrected chi connectivity index (χ4v) is 3.55. The summed E-state index contributed by atoms with van der Waals surface area (Å²) in [5.74, 6) is 0.338. The highest BCUT2D eigenvalue weighted by atomic mass is 79.9. The van der Waals surface area contributed by atoms with Gasteiger partial charge in [0.15, 0.2) is 6.61 Å². The van der Waals surface area contributed by atoms with Gasteiger partial charge in [-0.2, -0.15) is 0 Å². The zero-order valence-corrected chi connectivity index (χ0v) is 17.4. The Morgan fingerprint density at radius 3 is 2.37 bits per heavy atom. The minimum atomic E-state index is -0.181. The molecule has 0 N–H and O–H groups in total. The number of rotatable bonds is 4. The summed E-state index contributed by atoms with van der Waals surface area (Å²) in [5.41, 5.74) is 0.377. The van der Waals surface area contributed by atoms with Crippen LogP contribution in [0.1, 0.15) is 10.4 Å². The normalized spacial score (nSPS) is 14.2. The molecule has 1 aliphatic rings. The Balaban J connectivity index is 1.53. The molecule has 1 fully saturated rings. The fourth-order valence-electron chi connectivity index (χ4n) is 2.79. The first-order valence-electron chi connectivity index (χ1n) is 8.35. The van der Waals surface area contributed by atoms with Crippen molar-refractivity contribution in [3.8, 4) is 5.75 Å². The van der Waals surface area contributed by atoms with Crippen LogP contribution >= 0.6 is 39.1 Å².